The molecule has 0 amide bonds. The molecule has 0 saturated heterocycles. The molecule has 0 unspecified atom stereocenters. The van der Waals surface area contributed by atoms with Crippen molar-refractivity contribution in [2.75, 3.05) is 0 Å². The minimum atomic E-state index is -0.121. The van der Waals surface area contributed by atoms with Crippen LogP contribution in [0.2, 0.25) is 0 Å². The van der Waals surface area contributed by atoms with Crippen molar-refractivity contribution in [3.05, 3.63) is 11.6 Å². The van der Waals surface area contributed by atoms with Crippen molar-refractivity contribution < 1.29 is 9.90 Å². The zero-order valence-electron chi connectivity index (χ0n) is 14.1. The molecule has 2 nitrogen and oxygen atoms in total. The molecule has 0 spiro atoms. The van der Waals surface area contributed by atoms with Gasteiger partial charge in [0.25, 0.3) is 0 Å². The number of rotatable bonds is 1. The molecule has 0 aliphatic heterocycles. The van der Waals surface area contributed by atoms with Gasteiger partial charge in [-0.2, -0.15) is 0 Å². The van der Waals surface area contributed by atoms with Crippen LogP contribution < -0.4 is 0 Å². The number of aliphatic hydroxyl groups is 1. The normalized spacial score (nSPS) is 48.7. The predicted molar refractivity (Wildman–Crippen MR) is 90.4 cm³/mol. The lowest BCUT2D eigenvalue weighted by molar-refractivity contribution is -0.116. The molecule has 2 heteroatoms. The molecule has 0 aromatic rings. The number of ketones is 1. The molecule has 124 valence electrons. The number of allylic oxidation sites excluding steroid dienone is 1. The van der Waals surface area contributed by atoms with Crippen LogP contribution in [0, 0.1) is 47.3 Å². The van der Waals surface area contributed by atoms with Gasteiger partial charge in [0, 0.05) is 12.8 Å². The van der Waals surface area contributed by atoms with E-state index in [9.17, 15) is 9.90 Å². The Morgan fingerprint density at radius 1 is 1.30 bits per heavy atom. The maximum absolute atomic E-state index is 11.9. The predicted octanol–water partition coefficient (Wildman–Crippen LogP) is 3.74. The summed E-state index contributed by atoms with van der Waals surface area (Å²) in [6, 6.07) is 0. The summed E-state index contributed by atoms with van der Waals surface area (Å²) in [6.45, 7) is 2.32. The molecule has 4 aliphatic rings. The zero-order chi connectivity index (χ0) is 16.2. The molecule has 3 saturated carbocycles. The summed E-state index contributed by atoms with van der Waals surface area (Å²) in [7, 11) is 0. The Morgan fingerprint density at radius 2 is 2.13 bits per heavy atom. The minimum Gasteiger partial charge on any atom is -0.393 e. The first kappa shape index (κ1) is 15.5. The topological polar surface area (TPSA) is 37.3 Å². The molecule has 3 fully saturated rings. The largest absolute Gasteiger partial charge is 0.393 e. The Morgan fingerprint density at radius 3 is 2.91 bits per heavy atom. The van der Waals surface area contributed by atoms with Gasteiger partial charge in [0.15, 0.2) is 5.78 Å². The SMILES string of the molecule is C#CC[C@@H]1C[C@@H]2[C@H](CC[C@]3(C)[C@@H](O)CC[C@@H]23)[C@H]2CCC(=O)C=C12. The summed E-state index contributed by atoms with van der Waals surface area (Å²) in [5.74, 6) is 6.19. The van der Waals surface area contributed by atoms with E-state index < -0.39 is 0 Å². The third-order valence-corrected chi connectivity index (χ3v) is 7.81. The number of terminal acetylenes is 1. The lowest BCUT2D eigenvalue weighted by atomic mass is 9.50. The monoisotopic (exact) mass is 312 g/mol. The molecule has 0 aromatic heterocycles. The highest BCUT2D eigenvalue weighted by Crippen LogP contribution is 2.62. The van der Waals surface area contributed by atoms with Crippen LogP contribution in [0.1, 0.15) is 58.3 Å². The molecule has 4 aliphatic carbocycles. The van der Waals surface area contributed by atoms with E-state index in [4.69, 9.17) is 6.42 Å². The van der Waals surface area contributed by atoms with Crippen molar-refractivity contribution in [2.24, 2.45) is 35.0 Å². The van der Waals surface area contributed by atoms with Crippen molar-refractivity contribution in [3.63, 3.8) is 0 Å². The second-order valence-electron chi connectivity index (χ2n) is 8.67. The Hall–Kier alpha value is -1.07. The molecular weight excluding hydrogens is 284 g/mol. The van der Waals surface area contributed by atoms with E-state index in [0.717, 1.165) is 32.1 Å². The first-order chi connectivity index (χ1) is 11.0. The fraction of sp³-hybridized carbons (Fsp3) is 0.762. The van der Waals surface area contributed by atoms with Gasteiger partial charge in [0.1, 0.15) is 0 Å². The first-order valence-corrected chi connectivity index (χ1v) is 9.40. The van der Waals surface area contributed by atoms with Crippen LogP contribution in [-0.2, 0) is 4.79 Å². The van der Waals surface area contributed by atoms with Gasteiger partial charge in [-0.1, -0.05) is 12.5 Å². The highest BCUT2D eigenvalue weighted by Gasteiger charge is 2.57. The van der Waals surface area contributed by atoms with Crippen LogP contribution in [0.15, 0.2) is 11.6 Å². The lowest BCUT2D eigenvalue weighted by Crippen LogP contribution is -2.49. The van der Waals surface area contributed by atoms with Crippen molar-refractivity contribution in [1.82, 2.24) is 0 Å². The van der Waals surface area contributed by atoms with Gasteiger partial charge in [0.2, 0.25) is 0 Å². The Balaban J connectivity index is 1.69. The van der Waals surface area contributed by atoms with Crippen molar-refractivity contribution in [2.45, 2.75) is 64.4 Å². The standard InChI is InChI=1S/C21H28O2/c1-3-4-13-11-18-16(15-6-5-14(22)12-17(13)15)9-10-21(2)19(18)7-8-20(21)23/h1,12-13,15-16,18-20,23H,4-11H2,2H3/t13-,15-,16-,18-,19+,20+,21+/m1/s1. The second kappa shape index (κ2) is 5.49. The summed E-state index contributed by atoms with van der Waals surface area (Å²) in [5.41, 5.74) is 1.50. The highest BCUT2D eigenvalue weighted by atomic mass is 16.3. The number of aliphatic hydroxyl groups excluding tert-OH is 1. The molecular formula is C21H28O2. The van der Waals surface area contributed by atoms with E-state index >= 15 is 0 Å². The molecule has 0 aromatic carbocycles. The van der Waals surface area contributed by atoms with Crippen molar-refractivity contribution in [3.8, 4) is 12.3 Å². The van der Waals surface area contributed by atoms with E-state index in [2.05, 4.69) is 12.8 Å². The third-order valence-electron chi connectivity index (χ3n) is 7.81. The van der Waals surface area contributed by atoms with Crippen molar-refractivity contribution in [1.29, 1.82) is 0 Å². The van der Waals surface area contributed by atoms with E-state index in [0.29, 0.717) is 41.8 Å². The first-order valence-electron chi connectivity index (χ1n) is 9.40. The Bertz CT molecular complexity index is 583. The summed E-state index contributed by atoms with van der Waals surface area (Å²) < 4.78 is 0. The van der Waals surface area contributed by atoms with Crippen LogP contribution in [0.5, 0.6) is 0 Å². The van der Waals surface area contributed by atoms with Crippen LogP contribution in [0.3, 0.4) is 0 Å². The third kappa shape index (κ3) is 2.23. The van der Waals surface area contributed by atoms with E-state index in [1.807, 2.05) is 6.08 Å². The molecule has 23 heavy (non-hydrogen) atoms. The number of carbonyl (C=O) groups is 1. The number of fused-ring (bicyclic) bond motifs is 5. The maximum Gasteiger partial charge on any atom is 0.155 e. The molecule has 0 radical (unpaired) electrons. The lowest BCUT2D eigenvalue weighted by Gasteiger charge is -2.55. The summed E-state index contributed by atoms with van der Waals surface area (Å²) in [5, 5.41) is 10.5. The van der Waals surface area contributed by atoms with Gasteiger partial charge in [-0.25, -0.2) is 0 Å². The summed E-state index contributed by atoms with van der Waals surface area (Å²) in [4.78, 5) is 11.9. The molecule has 4 rings (SSSR count). The van der Waals surface area contributed by atoms with E-state index in [-0.39, 0.29) is 11.5 Å². The Labute approximate surface area is 139 Å². The van der Waals surface area contributed by atoms with Crippen LogP contribution >= 0.6 is 0 Å². The van der Waals surface area contributed by atoms with Gasteiger partial charge >= 0.3 is 0 Å². The Kier molecular flexibility index (Phi) is 3.69. The van der Waals surface area contributed by atoms with Crippen LogP contribution in [-0.4, -0.2) is 17.0 Å². The fourth-order valence-electron chi connectivity index (χ4n) is 6.65. The van der Waals surface area contributed by atoms with Gasteiger partial charge in [-0.3, -0.25) is 4.79 Å². The van der Waals surface area contributed by atoms with Gasteiger partial charge in [0.05, 0.1) is 6.10 Å². The van der Waals surface area contributed by atoms with Crippen LogP contribution in [0.4, 0.5) is 0 Å². The minimum absolute atomic E-state index is 0.119. The van der Waals surface area contributed by atoms with Gasteiger partial charge in [-0.15, -0.1) is 12.3 Å². The zero-order valence-corrected chi connectivity index (χ0v) is 14.1. The summed E-state index contributed by atoms with van der Waals surface area (Å²) >= 11 is 0. The number of hydrogen-bond donors (Lipinski definition) is 1. The molecule has 0 heterocycles. The maximum atomic E-state index is 11.9. The second-order valence-corrected chi connectivity index (χ2v) is 8.67. The van der Waals surface area contributed by atoms with Gasteiger partial charge in [-0.05, 0) is 79.6 Å². The van der Waals surface area contributed by atoms with E-state index in [1.165, 1.54) is 18.4 Å². The van der Waals surface area contributed by atoms with Gasteiger partial charge < -0.3 is 5.11 Å². The van der Waals surface area contributed by atoms with E-state index in [1.54, 1.807) is 0 Å². The molecule has 7 atom stereocenters. The average molecular weight is 312 g/mol. The summed E-state index contributed by atoms with van der Waals surface area (Å²) in [6.07, 6.45) is 15.6. The number of carbonyl (C=O) groups excluding carboxylic acids is 1. The number of hydrogen-bond acceptors (Lipinski definition) is 2. The average Bonchev–Trinajstić information content (AvgIpc) is 2.83. The van der Waals surface area contributed by atoms with Crippen molar-refractivity contribution >= 4 is 5.78 Å². The molecule has 0 bridgehead atoms. The quantitative estimate of drug-likeness (QED) is 0.749. The van der Waals surface area contributed by atoms with Crippen LogP contribution in [0.25, 0.3) is 0 Å². The fourth-order valence-corrected chi connectivity index (χ4v) is 6.65. The highest BCUT2D eigenvalue weighted by molar-refractivity contribution is 5.91. The smallest absolute Gasteiger partial charge is 0.155 e. The molecule has 1 N–H and O–H groups in total.